The van der Waals surface area contributed by atoms with E-state index >= 15 is 0 Å². The zero-order valence-electron chi connectivity index (χ0n) is 16.4. The Labute approximate surface area is 166 Å². The van der Waals surface area contributed by atoms with Crippen molar-refractivity contribution in [2.45, 2.75) is 39.2 Å². The Morgan fingerprint density at radius 1 is 1.07 bits per heavy atom. The third-order valence-electron chi connectivity index (χ3n) is 4.36. The maximum Gasteiger partial charge on any atom is 0.251 e. The van der Waals surface area contributed by atoms with Crippen LogP contribution in [-0.4, -0.2) is 29.9 Å². The first-order valence-corrected chi connectivity index (χ1v) is 10.6. The third kappa shape index (κ3) is 6.43. The summed E-state index contributed by atoms with van der Waals surface area (Å²) in [5.74, 6) is 0.813. The van der Waals surface area contributed by atoms with Gasteiger partial charge in [0.25, 0.3) is 5.91 Å². The third-order valence-corrected chi connectivity index (χ3v) is 5.00. The van der Waals surface area contributed by atoms with Gasteiger partial charge in [-0.15, -0.1) is 0 Å². The van der Waals surface area contributed by atoms with Crippen molar-refractivity contribution in [3.8, 4) is 0 Å². The number of amides is 2. The summed E-state index contributed by atoms with van der Waals surface area (Å²) in [5, 5.41) is 5.80. The molecule has 0 aliphatic rings. The van der Waals surface area contributed by atoms with Crippen molar-refractivity contribution in [1.29, 1.82) is 0 Å². The normalized spacial score (nSPS) is 11.9. The summed E-state index contributed by atoms with van der Waals surface area (Å²) in [6.45, 7) is 6.20. The lowest BCUT2D eigenvalue weighted by Gasteiger charge is -2.18. The van der Waals surface area contributed by atoms with Crippen LogP contribution in [0.1, 0.15) is 47.7 Å². The number of benzene rings is 2. The van der Waals surface area contributed by atoms with Gasteiger partial charge in [0.2, 0.25) is 5.91 Å². The molecular formula is C22H28N2O2S. The van der Waals surface area contributed by atoms with Crippen LogP contribution >= 0.6 is 11.8 Å². The summed E-state index contributed by atoms with van der Waals surface area (Å²) in [4.78, 5) is 25.3. The average molecular weight is 385 g/mol. The van der Waals surface area contributed by atoms with Crippen LogP contribution in [-0.2, 0) is 4.79 Å². The summed E-state index contributed by atoms with van der Waals surface area (Å²) in [5.41, 5.74) is 3.54. The number of hydrogen-bond acceptors (Lipinski definition) is 3. The number of thioether (sulfide) groups is 1. The SMILES string of the molecule is CSCCC(NC(=O)c1cccc(C)c1)C(=O)Nc1ccc(C(C)C)cc1. The zero-order chi connectivity index (χ0) is 19.8. The Balaban J connectivity index is 2.07. The second-order valence-corrected chi connectivity index (χ2v) is 7.93. The second kappa shape index (κ2) is 10.2. The van der Waals surface area contributed by atoms with E-state index in [0.717, 1.165) is 17.0 Å². The van der Waals surface area contributed by atoms with Crippen LogP contribution in [0.2, 0.25) is 0 Å². The minimum Gasteiger partial charge on any atom is -0.340 e. The highest BCUT2D eigenvalue weighted by atomic mass is 32.2. The number of rotatable bonds is 8. The molecule has 0 fully saturated rings. The first kappa shape index (κ1) is 21.0. The molecule has 0 saturated carbocycles. The molecule has 1 unspecified atom stereocenters. The fraction of sp³-hybridized carbons (Fsp3) is 0.364. The molecule has 2 amide bonds. The van der Waals surface area contributed by atoms with Gasteiger partial charge >= 0.3 is 0 Å². The Morgan fingerprint density at radius 2 is 1.78 bits per heavy atom. The molecule has 0 saturated heterocycles. The second-order valence-electron chi connectivity index (χ2n) is 6.94. The van der Waals surface area contributed by atoms with Gasteiger partial charge in [-0.3, -0.25) is 9.59 Å². The molecule has 1 atom stereocenters. The van der Waals surface area contributed by atoms with E-state index in [1.54, 1.807) is 17.8 Å². The highest BCUT2D eigenvalue weighted by Crippen LogP contribution is 2.17. The number of carbonyl (C=O) groups excluding carboxylic acids is 2. The van der Waals surface area contributed by atoms with Crippen molar-refractivity contribution < 1.29 is 9.59 Å². The van der Waals surface area contributed by atoms with Crippen LogP contribution in [0.5, 0.6) is 0 Å². The number of nitrogens with one attached hydrogen (secondary N) is 2. The largest absolute Gasteiger partial charge is 0.340 e. The molecule has 0 aromatic heterocycles. The lowest BCUT2D eigenvalue weighted by Crippen LogP contribution is -2.44. The Kier molecular flexibility index (Phi) is 7.92. The van der Waals surface area contributed by atoms with Crippen molar-refractivity contribution in [1.82, 2.24) is 5.32 Å². The van der Waals surface area contributed by atoms with Crippen molar-refractivity contribution in [2.24, 2.45) is 0 Å². The molecule has 5 heteroatoms. The summed E-state index contributed by atoms with van der Waals surface area (Å²) in [6.07, 6.45) is 2.57. The molecule has 2 aromatic rings. The number of carbonyl (C=O) groups is 2. The standard InChI is InChI=1S/C22H28N2O2S/c1-15(2)17-8-10-19(11-9-17)23-22(26)20(12-13-27-4)24-21(25)18-7-5-6-16(3)14-18/h5-11,14-15,20H,12-13H2,1-4H3,(H,23,26)(H,24,25). The molecule has 2 aromatic carbocycles. The predicted molar refractivity (Wildman–Crippen MR) is 115 cm³/mol. The smallest absolute Gasteiger partial charge is 0.251 e. The van der Waals surface area contributed by atoms with Crippen LogP contribution in [0.15, 0.2) is 48.5 Å². The van der Waals surface area contributed by atoms with Gasteiger partial charge < -0.3 is 10.6 Å². The molecule has 2 N–H and O–H groups in total. The lowest BCUT2D eigenvalue weighted by atomic mass is 10.0. The molecule has 0 radical (unpaired) electrons. The van der Waals surface area contributed by atoms with Crippen molar-refractivity contribution in [2.75, 3.05) is 17.3 Å². The first-order valence-electron chi connectivity index (χ1n) is 9.18. The molecule has 27 heavy (non-hydrogen) atoms. The molecule has 2 rings (SSSR count). The lowest BCUT2D eigenvalue weighted by molar-refractivity contribution is -0.118. The molecule has 144 valence electrons. The van der Waals surface area contributed by atoms with E-state index in [9.17, 15) is 9.59 Å². The highest BCUT2D eigenvalue weighted by Gasteiger charge is 2.21. The summed E-state index contributed by atoms with van der Waals surface area (Å²) >= 11 is 1.65. The van der Waals surface area contributed by atoms with Crippen molar-refractivity contribution in [3.05, 3.63) is 65.2 Å². The Hall–Kier alpha value is -2.27. The van der Waals surface area contributed by atoms with Crippen molar-refractivity contribution in [3.63, 3.8) is 0 Å². The summed E-state index contributed by atoms with van der Waals surface area (Å²) in [7, 11) is 0. The summed E-state index contributed by atoms with van der Waals surface area (Å²) in [6, 6.07) is 14.6. The van der Waals surface area contributed by atoms with E-state index in [-0.39, 0.29) is 11.8 Å². The molecule has 4 nitrogen and oxygen atoms in total. The fourth-order valence-corrected chi connectivity index (χ4v) is 3.18. The van der Waals surface area contributed by atoms with Crippen molar-refractivity contribution >= 4 is 29.3 Å². The fourth-order valence-electron chi connectivity index (χ4n) is 2.71. The maximum absolute atomic E-state index is 12.7. The van der Waals surface area contributed by atoms with Gasteiger partial charge in [0.1, 0.15) is 6.04 Å². The minimum absolute atomic E-state index is 0.192. The average Bonchev–Trinajstić information content (AvgIpc) is 2.65. The molecule has 0 aliphatic carbocycles. The predicted octanol–water partition coefficient (Wildman–Crippen LogP) is 4.61. The highest BCUT2D eigenvalue weighted by molar-refractivity contribution is 7.98. The molecular weight excluding hydrogens is 356 g/mol. The zero-order valence-corrected chi connectivity index (χ0v) is 17.2. The van der Waals surface area contributed by atoms with Gasteiger partial charge in [0, 0.05) is 11.3 Å². The van der Waals surface area contributed by atoms with Gasteiger partial charge in [0.05, 0.1) is 0 Å². The Morgan fingerprint density at radius 3 is 2.37 bits per heavy atom. The van der Waals surface area contributed by atoms with E-state index in [0.29, 0.717) is 17.9 Å². The van der Waals surface area contributed by atoms with E-state index < -0.39 is 6.04 Å². The van der Waals surface area contributed by atoms with E-state index in [1.807, 2.05) is 55.6 Å². The van der Waals surface area contributed by atoms with Crippen LogP contribution in [0.4, 0.5) is 5.69 Å². The molecule has 0 spiro atoms. The number of hydrogen-bond donors (Lipinski definition) is 2. The van der Waals surface area contributed by atoms with Crippen LogP contribution in [0, 0.1) is 6.92 Å². The van der Waals surface area contributed by atoms with Gasteiger partial charge in [-0.1, -0.05) is 43.7 Å². The monoisotopic (exact) mass is 384 g/mol. The van der Waals surface area contributed by atoms with Gasteiger partial charge in [0.15, 0.2) is 0 Å². The molecule has 0 heterocycles. The molecule has 0 aliphatic heterocycles. The van der Waals surface area contributed by atoms with Crippen LogP contribution in [0.3, 0.4) is 0 Å². The van der Waals surface area contributed by atoms with Gasteiger partial charge in [-0.05, 0) is 61.1 Å². The van der Waals surface area contributed by atoms with Gasteiger partial charge in [-0.2, -0.15) is 11.8 Å². The van der Waals surface area contributed by atoms with Crippen LogP contribution in [0.25, 0.3) is 0 Å². The first-order chi connectivity index (χ1) is 12.9. The van der Waals surface area contributed by atoms with E-state index in [2.05, 4.69) is 24.5 Å². The minimum atomic E-state index is -0.574. The van der Waals surface area contributed by atoms with E-state index in [1.165, 1.54) is 5.56 Å². The number of anilines is 1. The van der Waals surface area contributed by atoms with E-state index in [4.69, 9.17) is 0 Å². The maximum atomic E-state index is 12.7. The quantitative estimate of drug-likeness (QED) is 0.699. The number of aryl methyl sites for hydroxylation is 1. The molecule has 0 bridgehead atoms. The summed E-state index contributed by atoms with van der Waals surface area (Å²) < 4.78 is 0. The van der Waals surface area contributed by atoms with Crippen LogP contribution < -0.4 is 10.6 Å². The topological polar surface area (TPSA) is 58.2 Å². The Bertz CT molecular complexity index is 772. The van der Waals surface area contributed by atoms with Gasteiger partial charge in [-0.25, -0.2) is 0 Å².